The van der Waals surface area contributed by atoms with Crippen molar-refractivity contribution in [2.24, 2.45) is 5.73 Å². The summed E-state index contributed by atoms with van der Waals surface area (Å²) in [5, 5.41) is 17.2. The van der Waals surface area contributed by atoms with Crippen LogP contribution in [0.4, 0.5) is 0 Å². The molecule has 86 valence electrons. The molecule has 0 aliphatic carbocycles. The Kier molecular flexibility index (Phi) is 3.41. The zero-order chi connectivity index (χ0) is 12.3. The molecule has 16 heavy (non-hydrogen) atoms. The van der Waals surface area contributed by atoms with Gasteiger partial charge in [-0.1, -0.05) is 0 Å². The lowest BCUT2D eigenvalue weighted by Gasteiger charge is -2.06. The number of carboxylic acids is 2. The number of carboxylic acid groups (broad SMARTS) is 2. The zero-order valence-electron chi connectivity index (χ0n) is 8.14. The van der Waals surface area contributed by atoms with Crippen LogP contribution in [0.3, 0.4) is 0 Å². The highest BCUT2D eigenvalue weighted by Crippen LogP contribution is 2.02. The molecule has 0 fully saturated rings. The second kappa shape index (κ2) is 4.58. The van der Waals surface area contributed by atoms with E-state index in [9.17, 15) is 14.4 Å². The summed E-state index contributed by atoms with van der Waals surface area (Å²) >= 11 is 0. The van der Waals surface area contributed by atoms with Gasteiger partial charge in [-0.2, -0.15) is 0 Å². The van der Waals surface area contributed by atoms with Gasteiger partial charge in [0.25, 0.3) is 0 Å². The fraction of sp³-hybridized carbons (Fsp3) is 0.222. The average Bonchev–Trinajstić information content (AvgIpc) is 2.16. The number of aromatic carboxylic acids is 1. The van der Waals surface area contributed by atoms with Crippen LogP contribution >= 0.6 is 0 Å². The van der Waals surface area contributed by atoms with Crippen molar-refractivity contribution in [2.45, 2.75) is 12.5 Å². The van der Waals surface area contributed by atoms with Crippen LogP contribution in [0.5, 0.6) is 0 Å². The van der Waals surface area contributed by atoms with Gasteiger partial charge >= 0.3 is 11.9 Å². The van der Waals surface area contributed by atoms with E-state index in [1.54, 1.807) is 0 Å². The van der Waals surface area contributed by atoms with Gasteiger partial charge in [0.05, 0.1) is 0 Å². The van der Waals surface area contributed by atoms with Crippen LogP contribution in [0.15, 0.2) is 16.9 Å². The number of carbonyl (C=O) groups is 2. The van der Waals surface area contributed by atoms with Crippen LogP contribution in [0.1, 0.15) is 16.1 Å². The topological polar surface area (TPSA) is 133 Å². The van der Waals surface area contributed by atoms with Gasteiger partial charge in [0.15, 0.2) is 0 Å². The first-order valence-electron chi connectivity index (χ1n) is 4.35. The summed E-state index contributed by atoms with van der Waals surface area (Å²) in [6.07, 6.45) is -0.0977. The Balaban J connectivity index is 3.01. The molecule has 1 rings (SSSR count). The number of hydrogen-bond acceptors (Lipinski definition) is 4. The van der Waals surface area contributed by atoms with E-state index >= 15 is 0 Å². The van der Waals surface area contributed by atoms with Crippen molar-refractivity contribution in [3.8, 4) is 0 Å². The molecule has 0 bridgehead atoms. The molecule has 0 amide bonds. The number of nitrogens with one attached hydrogen (secondary N) is 1. The smallest absolute Gasteiger partial charge is 0.352 e. The SMILES string of the molecule is N[C@@H](Cc1cc(C(=O)O)[nH]c(=O)c1)C(=O)O. The Morgan fingerprint density at radius 1 is 1.38 bits per heavy atom. The molecule has 7 heteroatoms. The summed E-state index contributed by atoms with van der Waals surface area (Å²) < 4.78 is 0. The normalized spacial score (nSPS) is 12.1. The molecule has 1 aromatic heterocycles. The molecular weight excluding hydrogens is 216 g/mol. The van der Waals surface area contributed by atoms with Crippen LogP contribution < -0.4 is 11.3 Å². The Morgan fingerprint density at radius 3 is 2.50 bits per heavy atom. The van der Waals surface area contributed by atoms with Crippen LogP contribution in [0, 0.1) is 0 Å². The molecule has 0 saturated carbocycles. The van der Waals surface area contributed by atoms with Gasteiger partial charge in [0, 0.05) is 6.07 Å². The number of aromatic nitrogens is 1. The quantitative estimate of drug-likeness (QED) is 0.521. The maximum Gasteiger partial charge on any atom is 0.352 e. The molecule has 0 aromatic carbocycles. The minimum atomic E-state index is -1.29. The first-order chi connectivity index (χ1) is 7.40. The minimum absolute atomic E-state index is 0.0977. The molecule has 0 saturated heterocycles. The van der Waals surface area contributed by atoms with Gasteiger partial charge in [0.2, 0.25) is 5.56 Å². The van der Waals surface area contributed by atoms with Gasteiger partial charge in [0.1, 0.15) is 11.7 Å². The first-order valence-corrected chi connectivity index (χ1v) is 4.35. The fourth-order valence-corrected chi connectivity index (χ4v) is 1.17. The highest BCUT2D eigenvalue weighted by molar-refractivity contribution is 5.85. The van der Waals surface area contributed by atoms with E-state index in [0.717, 1.165) is 6.07 Å². The standard InChI is InChI=1S/C9H10N2O5/c10-5(8(13)14)1-4-2-6(9(15)16)11-7(12)3-4/h2-3,5H,1,10H2,(H,11,12)(H,13,14)(H,15,16)/t5-/m0/s1. The minimum Gasteiger partial charge on any atom is -0.480 e. The highest BCUT2D eigenvalue weighted by Gasteiger charge is 2.14. The summed E-state index contributed by atoms with van der Waals surface area (Å²) in [6.45, 7) is 0. The molecule has 1 aromatic rings. The number of hydrogen-bond donors (Lipinski definition) is 4. The molecule has 0 unspecified atom stereocenters. The molecular formula is C9H10N2O5. The summed E-state index contributed by atoms with van der Waals surface area (Å²) in [7, 11) is 0. The fourth-order valence-electron chi connectivity index (χ4n) is 1.17. The van der Waals surface area contributed by atoms with Crippen molar-refractivity contribution >= 4 is 11.9 Å². The summed E-state index contributed by atoms with van der Waals surface area (Å²) in [5.41, 5.74) is 4.64. The number of aromatic amines is 1. The van der Waals surface area contributed by atoms with Crippen LogP contribution in [-0.2, 0) is 11.2 Å². The summed E-state index contributed by atoms with van der Waals surface area (Å²) in [5.74, 6) is -2.50. The Hall–Kier alpha value is -2.15. The van der Waals surface area contributed by atoms with E-state index in [-0.39, 0.29) is 17.7 Å². The Labute approximate surface area is 89.5 Å². The predicted molar refractivity (Wildman–Crippen MR) is 53.3 cm³/mol. The predicted octanol–water partition coefficient (Wildman–Crippen LogP) is -0.972. The lowest BCUT2D eigenvalue weighted by atomic mass is 10.1. The third-order valence-corrected chi connectivity index (χ3v) is 1.91. The molecule has 0 spiro atoms. The number of rotatable bonds is 4. The second-order valence-corrected chi connectivity index (χ2v) is 3.22. The third kappa shape index (κ3) is 2.92. The lowest BCUT2D eigenvalue weighted by Crippen LogP contribution is -2.32. The molecule has 0 radical (unpaired) electrons. The Bertz CT molecular complexity index is 479. The third-order valence-electron chi connectivity index (χ3n) is 1.91. The zero-order valence-corrected chi connectivity index (χ0v) is 8.14. The number of aliphatic carboxylic acids is 1. The monoisotopic (exact) mass is 226 g/mol. The summed E-state index contributed by atoms with van der Waals surface area (Å²) in [6, 6.07) is 1.14. The number of pyridine rings is 1. The van der Waals surface area contributed by atoms with Crippen molar-refractivity contribution in [3.05, 3.63) is 33.7 Å². The largest absolute Gasteiger partial charge is 0.480 e. The summed E-state index contributed by atoms with van der Waals surface area (Å²) in [4.78, 5) is 34.3. The van der Waals surface area contributed by atoms with Crippen molar-refractivity contribution in [1.29, 1.82) is 0 Å². The van der Waals surface area contributed by atoms with E-state index in [0.29, 0.717) is 0 Å². The lowest BCUT2D eigenvalue weighted by molar-refractivity contribution is -0.138. The van der Waals surface area contributed by atoms with E-state index in [4.69, 9.17) is 15.9 Å². The Morgan fingerprint density at radius 2 is 2.00 bits per heavy atom. The van der Waals surface area contributed by atoms with Crippen LogP contribution in [-0.4, -0.2) is 33.2 Å². The van der Waals surface area contributed by atoms with Gasteiger partial charge in [-0.25, -0.2) is 4.79 Å². The van der Waals surface area contributed by atoms with Gasteiger partial charge in [-0.15, -0.1) is 0 Å². The highest BCUT2D eigenvalue weighted by atomic mass is 16.4. The molecule has 1 atom stereocenters. The van der Waals surface area contributed by atoms with E-state index < -0.39 is 23.5 Å². The molecule has 1 heterocycles. The second-order valence-electron chi connectivity index (χ2n) is 3.22. The van der Waals surface area contributed by atoms with Gasteiger partial charge in [-0.3, -0.25) is 9.59 Å². The van der Waals surface area contributed by atoms with Crippen molar-refractivity contribution < 1.29 is 19.8 Å². The maximum atomic E-state index is 11.1. The van der Waals surface area contributed by atoms with Crippen LogP contribution in [0.2, 0.25) is 0 Å². The molecule has 0 aliphatic heterocycles. The molecule has 0 aliphatic rings. The van der Waals surface area contributed by atoms with Crippen molar-refractivity contribution in [2.75, 3.05) is 0 Å². The average molecular weight is 226 g/mol. The first kappa shape index (κ1) is 11.9. The van der Waals surface area contributed by atoms with E-state index in [1.807, 2.05) is 0 Å². The van der Waals surface area contributed by atoms with E-state index in [2.05, 4.69) is 4.98 Å². The van der Waals surface area contributed by atoms with Gasteiger partial charge < -0.3 is 20.9 Å². The maximum absolute atomic E-state index is 11.1. The van der Waals surface area contributed by atoms with E-state index in [1.165, 1.54) is 6.07 Å². The number of nitrogens with two attached hydrogens (primary N) is 1. The van der Waals surface area contributed by atoms with Crippen molar-refractivity contribution in [3.63, 3.8) is 0 Å². The van der Waals surface area contributed by atoms with Crippen molar-refractivity contribution in [1.82, 2.24) is 4.98 Å². The number of H-pyrrole nitrogens is 1. The van der Waals surface area contributed by atoms with Gasteiger partial charge in [-0.05, 0) is 18.1 Å². The molecule has 7 nitrogen and oxygen atoms in total. The molecule has 5 N–H and O–H groups in total. The van der Waals surface area contributed by atoms with Crippen LogP contribution in [0.25, 0.3) is 0 Å².